The highest BCUT2D eigenvalue weighted by Crippen LogP contribution is 2.23. The second-order valence-corrected chi connectivity index (χ2v) is 4.94. The number of rotatable bonds is 4. The topological polar surface area (TPSA) is 25.2 Å². The number of aliphatic imine (C=N–C) groups is 1. The molecule has 0 aliphatic carbocycles. The molecule has 0 radical (unpaired) electrons. The molecule has 0 aliphatic rings. The van der Waals surface area contributed by atoms with Gasteiger partial charge in [0.05, 0.1) is 5.71 Å². The number of hydrogen-bond donors (Lipinski definition) is 0. The first-order valence-corrected chi connectivity index (χ1v) is 7.17. The van der Waals surface area contributed by atoms with Gasteiger partial charge in [-0.3, -0.25) is 0 Å². The zero-order chi connectivity index (χ0) is 16.1. The fourth-order valence-corrected chi connectivity index (χ4v) is 2.23. The van der Waals surface area contributed by atoms with Crippen LogP contribution < -0.4 is 0 Å². The first kappa shape index (κ1) is 15.0. The molecule has 0 bridgehead atoms. The average molecular weight is 308 g/mol. The first-order chi connectivity index (χ1) is 11.2. The van der Waals surface area contributed by atoms with E-state index in [4.69, 9.17) is 0 Å². The van der Waals surface area contributed by atoms with Crippen molar-refractivity contribution in [2.45, 2.75) is 6.43 Å². The van der Waals surface area contributed by atoms with E-state index in [1.54, 1.807) is 0 Å². The lowest BCUT2D eigenvalue weighted by Crippen LogP contribution is -2.03. The van der Waals surface area contributed by atoms with Gasteiger partial charge in [-0.05, 0) is 12.1 Å². The summed E-state index contributed by atoms with van der Waals surface area (Å²) >= 11 is 0. The standard InChI is InChI=1S/C19H14F2N2/c20-19(21)16-11-12-22-17(13-16)23-18(14-7-3-1-4-8-14)15-9-5-2-6-10-15/h1-13,19H. The fourth-order valence-electron chi connectivity index (χ4n) is 2.23. The molecule has 3 rings (SSSR count). The van der Waals surface area contributed by atoms with E-state index in [2.05, 4.69) is 9.98 Å². The Morgan fingerprint density at radius 3 is 1.91 bits per heavy atom. The monoisotopic (exact) mass is 308 g/mol. The highest BCUT2D eigenvalue weighted by atomic mass is 19.3. The van der Waals surface area contributed by atoms with Crippen molar-refractivity contribution in [3.05, 3.63) is 95.7 Å². The number of alkyl halides is 2. The van der Waals surface area contributed by atoms with Gasteiger partial charge in [-0.1, -0.05) is 60.7 Å². The lowest BCUT2D eigenvalue weighted by atomic mass is 10.0. The van der Waals surface area contributed by atoms with Gasteiger partial charge in [0.1, 0.15) is 0 Å². The predicted molar refractivity (Wildman–Crippen MR) is 87.4 cm³/mol. The van der Waals surface area contributed by atoms with Crippen molar-refractivity contribution in [2.75, 3.05) is 0 Å². The van der Waals surface area contributed by atoms with E-state index in [0.717, 1.165) is 11.1 Å². The molecule has 0 unspecified atom stereocenters. The van der Waals surface area contributed by atoms with Crippen molar-refractivity contribution in [3.8, 4) is 0 Å². The SMILES string of the molecule is FC(F)c1ccnc(N=C(c2ccccc2)c2ccccc2)c1. The number of benzene rings is 2. The van der Waals surface area contributed by atoms with Gasteiger partial charge in [-0.15, -0.1) is 0 Å². The van der Waals surface area contributed by atoms with Gasteiger partial charge in [-0.2, -0.15) is 0 Å². The van der Waals surface area contributed by atoms with Gasteiger partial charge in [0, 0.05) is 22.9 Å². The van der Waals surface area contributed by atoms with E-state index in [0.29, 0.717) is 5.71 Å². The summed E-state index contributed by atoms with van der Waals surface area (Å²) in [5.74, 6) is 0.269. The van der Waals surface area contributed by atoms with Crippen LogP contribution in [0.3, 0.4) is 0 Å². The number of hydrogen-bond acceptors (Lipinski definition) is 2. The summed E-state index contributed by atoms with van der Waals surface area (Å²) < 4.78 is 25.7. The maximum absolute atomic E-state index is 12.9. The Kier molecular flexibility index (Phi) is 4.52. The van der Waals surface area contributed by atoms with E-state index in [-0.39, 0.29) is 11.4 Å². The Balaban J connectivity index is 2.10. The van der Waals surface area contributed by atoms with E-state index in [1.165, 1.54) is 18.3 Å². The van der Waals surface area contributed by atoms with Crippen LogP contribution in [-0.2, 0) is 0 Å². The van der Waals surface area contributed by atoms with Crippen molar-refractivity contribution >= 4 is 11.5 Å². The summed E-state index contributed by atoms with van der Waals surface area (Å²) in [6.07, 6.45) is -1.18. The van der Waals surface area contributed by atoms with E-state index >= 15 is 0 Å². The molecule has 2 aromatic carbocycles. The van der Waals surface area contributed by atoms with Gasteiger partial charge in [0.15, 0.2) is 5.82 Å². The van der Waals surface area contributed by atoms with Crippen molar-refractivity contribution in [1.82, 2.24) is 4.98 Å². The zero-order valence-electron chi connectivity index (χ0n) is 12.2. The number of nitrogens with zero attached hydrogens (tertiary/aromatic N) is 2. The van der Waals surface area contributed by atoms with Gasteiger partial charge in [0.2, 0.25) is 0 Å². The minimum absolute atomic E-state index is 0.0841. The normalized spacial score (nSPS) is 10.6. The Hall–Kier alpha value is -2.88. The summed E-state index contributed by atoms with van der Waals surface area (Å²) in [5.41, 5.74) is 2.43. The molecule has 0 spiro atoms. The first-order valence-electron chi connectivity index (χ1n) is 7.17. The highest BCUT2D eigenvalue weighted by molar-refractivity contribution is 6.13. The third-order valence-electron chi connectivity index (χ3n) is 3.34. The molecule has 4 heteroatoms. The number of aromatic nitrogens is 1. The molecule has 114 valence electrons. The molecular formula is C19H14F2N2. The highest BCUT2D eigenvalue weighted by Gasteiger charge is 2.10. The Bertz CT molecular complexity index is 758. The summed E-state index contributed by atoms with van der Waals surface area (Å²) in [6, 6.07) is 21.8. The molecule has 0 saturated carbocycles. The van der Waals surface area contributed by atoms with Crippen molar-refractivity contribution in [3.63, 3.8) is 0 Å². The molecule has 1 aromatic heterocycles. The van der Waals surface area contributed by atoms with Gasteiger partial charge >= 0.3 is 0 Å². The molecule has 0 N–H and O–H groups in total. The van der Waals surface area contributed by atoms with Crippen molar-refractivity contribution in [2.24, 2.45) is 4.99 Å². The third kappa shape index (κ3) is 3.66. The van der Waals surface area contributed by atoms with Crippen LogP contribution in [0.5, 0.6) is 0 Å². The molecule has 0 aliphatic heterocycles. The average Bonchev–Trinajstić information content (AvgIpc) is 2.61. The Morgan fingerprint density at radius 2 is 1.39 bits per heavy atom. The van der Waals surface area contributed by atoms with Gasteiger partial charge < -0.3 is 0 Å². The number of halogens is 2. The summed E-state index contributed by atoms with van der Waals surface area (Å²) in [6.45, 7) is 0. The molecule has 0 fully saturated rings. The van der Waals surface area contributed by atoms with Crippen molar-refractivity contribution in [1.29, 1.82) is 0 Å². The van der Waals surface area contributed by atoms with Crippen LogP contribution in [0, 0.1) is 0 Å². The van der Waals surface area contributed by atoms with Crippen molar-refractivity contribution < 1.29 is 8.78 Å². The minimum Gasteiger partial charge on any atom is -0.237 e. The molecule has 0 saturated heterocycles. The van der Waals surface area contributed by atoms with Crippen LogP contribution in [0.1, 0.15) is 23.1 Å². The zero-order valence-corrected chi connectivity index (χ0v) is 12.2. The van der Waals surface area contributed by atoms with Gasteiger partial charge in [0.25, 0.3) is 6.43 Å². The Labute approximate surface area is 133 Å². The molecule has 0 atom stereocenters. The van der Waals surface area contributed by atoms with Crippen LogP contribution in [0.2, 0.25) is 0 Å². The maximum atomic E-state index is 12.9. The minimum atomic E-state index is -2.54. The summed E-state index contributed by atoms with van der Waals surface area (Å²) in [4.78, 5) is 8.61. The predicted octanol–water partition coefficient (Wildman–Crippen LogP) is 5.19. The van der Waals surface area contributed by atoms with Gasteiger partial charge in [-0.25, -0.2) is 18.8 Å². The van der Waals surface area contributed by atoms with Crippen LogP contribution in [0.15, 0.2) is 84.0 Å². The third-order valence-corrected chi connectivity index (χ3v) is 3.34. The molecule has 1 heterocycles. The second-order valence-electron chi connectivity index (χ2n) is 4.94. The van der Waals surface area contributed by atoms with E-state index in [1.807, 2.05) is 60.7 Å². The molecule has 23 heavy (non-hydrogen) atoms. The Morgan fingerprint density at radius 1 is 0.826 bits per heavy atom. The quantitative estimate of drug-likeness (QED) is 0.609. The summed E-state index contributed by atoms with van der Waals surface area (Å²) in [7, 11) is 0. The molecular weight excluding hydrogens is 294 g/mol. The lowest BCUT2D eigenvalue weighted by Gasteiger charge is -2.08. The summed E-state index contributed by atoms with van der Waals surface area (Å²) in [5, 5.41) is 0. The number of pyridine rings is 1. The maximum Gasteiger partial charge on any atom is 0.264 e. The van der Waals surface area contributed by atoms with Crippen LogP contribution in [0.25, 0.3) is 0 Å². The van der Waals surface area contributed by atoms with Crippen LogP contribution >= 0.6 is 0 Å². The largest absolute Gasteiger partial charge is 0.264 e. The fraction of sp³-hybridized carbons (Fsp3) is 0.0526. The van der Waals surface area contributed by atoms with Crippen LogP contribution in [-0.4, -0.2) is 10.7 Å². The molecule has 3 aromatic rings. The van der Waals surface area contributed by atoms with E-state index < -0.39 is 6.43 Å². The second kappa shape index (κ2) is 6.92. The molecule has 2 nitrogen and oxygen atoms in total. The molecule has 0 amide bonds. The lowest BCUT2D eigenvalue weighted by molar-refractivity contribution is 0.151. The van der Waals surface area contributed by atoms with Crippen LogP contribution in [0.4, 0.5) is 14.6 Å². The van der Waals surface area contributed by atoms with E-state index in [9.17, 15) is 8.78 Å². The smallest absolute Gasteiger partial charge is 0.237 e.